The Morgan fingerprint density at radius 1 is 1.09 bits per heavy atom. The highest BCUT2D eigenvalue weighted by molar-refractivity contribution is 7.99. The van der Waals surface area contributed by atoms with Gasteiger partial charge in [-0.25, -0.2) is 0 Å². The summed E-state index contributed by atoms with van der Waals surface area (Å²) < 4.78 is 26.3. The van der Waals surface area contributed by atoms with Crippen LogP contribution in [0.2, 0.25) is 0 Å². The summed E-state index contributed by atoms with van der Waals surface area (Å²) in [6, 6.07) is 14.4. The number of methoxy groups -OCH3 is 2. The highest BCUT2D eigenvalue weighted by Crippen LogP contribution is 2.30. The number of para-hydroxylation sites is 2. The number of nitrogens with zero attached hydrogens (tertiary/aromatic N) is 3. The first-order valence-electron chi connectivity index (χ1n) is 10.5. The fraction of sp³-hybridized carbons (Fsp3) is 0.250. The van der Waals surface area contributed by atoms with E-state index in [-0.39, 0.29) is 12.2 Å². The summed E-state index contributed by atoms with van der Waals surface area (Å²) in [5.41, 5.74) is 0.525. The Bertz CT molecular complexity index is 1220. The van der Waals surface area contributed by atoms with Crippen LogP contribution in [0.4, 0.5) is 5.13 Å². The van der Waals surface area contributed by atoms with Gasteiger partial charge in [0.15, 0.2) is 23.0 Å². The number of aromatic nitrogens is 2. The topological polar surface area (TPSA) is 116 Å². The van der Waals surface area contributed by atoms with E-state index in [2.05, 4.69) is 14.7 Å². The third-order valence-corrected chi connectivity index (χ3v) is 5.91. The second-order valence-corrected chi connectivity index (χ2v) is 8.68. The molecule has 182 valence electrons. The third kappa shape index (κ3) is 7.37. The molecule has 0 spiro atoms. The molecular weight excluding hydrogens is 488 g/mol. The molecular formula is C24H24N4O5S2. The van der Waals surface area contributed by atoms with E-state index in [1.807, 2.05) is 37.3 Å². The summed E-state index contributed by atoms with van der Waals surface area (Å²) >= 11 is 2.54. The molecule has 1 heterocycles. The van der Waals surface area contributed by atoms with E-state index in [4.69, 9.17) is 18.9 Å². The number of rotatable bonds is 12. The fourth-order valence-corrected chi connectivity index (χ4v) is 4.13. The van der Waals surface area contributed by atoms with E-state index in [1.54, 1.807) is 25.3 Å². The molecule has 0 bridgehead atoms. The normalized spacial score (nSPS) is 10.9. The van der Waals surface area contributed by atoms with Crippen molar-refractivity contribution >= 4 is 40.4 Å². The second-order valence-electron chi connectivity index (χ2n) is 6.70. The minimum Gasteiger partial charge on any atom is -0.493 e. The van der Waals surface area contributed by atoms with Gasteiger partial charge in [-0.2, -0.15) is 14.6 Å². The molecule has 0 aliphatic rings. The van der Waals surface area contributed by atoms with Gasteiger partial charge in [-0.1, -0.05) is 36.9 Å². The maximum Gasteiger partial charge on any atom is 0.268 e. The molecule has 3 aromatic rings. The van der Waals surface area contributed by atoms with Crippen LogP contribution < -0.4 is 24.3 Å². The van der Waals surface area contributed by atoms with Crippen LogP contribution in [-0.2, 0) is 4.79 Å². The zero-order chi connectivity index (χ0) is 25.0. The second kappa shape index (κ2) is 13.2. The van der Waals surface area contributed by atoms with Crippen molar-refractivity contribution in [2.45, 2.75) is 12.1 Å². The maximum absolute atomic E-state index is 12.5. The quantitative estimate of drug-likeness (QED) is 0.160. The van der Waals surface area contributed by atoms with Gasteiger partial charge >= 0.3 is 0 Å². The van der Waals surface area contributed by atoms with Crippen LogP contribution in [0.1, 0.15) is 12.5 Å². The molecule has 11 heteroatoms. The van der Waals surface area contributed by atoms with E-state index < -0.39 is 5.91 Å². The van der Waals surface area contributed by atoms with Crippen molar-refractivity contribution in [2.24, 2.45) is 0 Å². The standard InChI is InChI=1S/C24H24N4O5S2/c1-4-34-24-27-23(35-28-24)26-22(29)17(15-25)13-16-9-10-20(21(14-16)31-3)33-12-11-32-19-8-6-5-7-18(19)30-2/h5-10,13-14H,4,11-12H2,1-3H3,(H,26,27,28,29)/b17-13-. The predicted octanol–water partition coefficient (Wildman–Crippen LogP) is 4.67. The lowest BCUT2D eigenvalue weighted by atomic mass is 10.1. The van der Waals surface area contributed by atoms with Crippen molar-refractivity contribution in [3.05, 3.63) is 53.6 Å². The Balaban J connectivity index is 1.62. The summed E-state index contributed by atoms with van der Waals surface area (Å²) in [4.78, 5) is 16.7. The molecule has 1 aromatic heterocycles. The summed E-state index contributed by atoms with van der Waals surface area (Å²) in [5, 5.41) is 13.0. The van der Waals surface area contributed by atoms with Crippen molar-refractivity contribution < 1.29 is 23.7 Å². The first-order chi connectivity index (χ1) is 17.1. The highest BCUT2D eigenvalue weighted by Gasteiger charge is 2.14. The van der Waals surface area contributed by atoms with E-state index in [1.165, 1.54) is 24.9 Å². The van der Waals surface area contributed by atoms with E-state index in [0.717, 1.165) is 17.3 Å². The number of benzene rings is 2. The molecule has 0 atom stereocenters. The molecule has 35 heavy (non-hydrogen) atoms. The average molecular weight is 513 g/mol. The average Bonchev–Trinajstić information content (AvgIpc) is 3.32. The Labute approximate surface area is 211 Å². The Morgan fingerprint density at radius 2 is 1.77 bits per heavy atom. The van der Waals surface area contributed by atoms with Gasteiger partial charge in [-0.3, -0.25) is 10.1 Å². The summed E-state index contributed by atoms with van der Waals surface area (Å²) in [5.74, 6) is 2.49. The molecule has 9 nitrogen and oxygen atoms in total. The van der Waals surface area contributed by atoms with Gasteiger partial charge in [0.1, 0.15) is 24.9 Å². The number of nitrogens with one attached hydrogen (secondary N) is 1. The zero-order valence-corrected chi connectivity index (χ0v) is 21.1. The highest BCUT2D eigenvalue weighted by atomic mass is 32.2. The van der Waals surface area contributed by atoms with Crippen LogP contribution in [0.5, 0.6) is 23.0 Å². The molecule has 0 aliphatic carbocycles. The molecule has 0 radical (unpaired) electrons. The maximum atomic E-state index is 12.5. The molecule has 1 amide bonds. The molecule has 0 unspecified atom stereocenters. The van der Waals surface area contributed by atoms with E-state index in [0.29, 0.717) is 45.5 Å². The Kier molecular flexibility index (Phi) is 9.77. The molecule has 2 aromatic carbocycles. The van der Waals surface area contributed by atoms with Gasteiger partial charge in [0, 0.05) is 11.5 Å². The number of anilines is 1. The number of carbonyl (C=O) groups is 1. The number of carbonyl (C=O) groups excluding carboxylic acids is 1. The van der Waals surface area contributed by atoms with Gasteiger partial charge in [-0.15, -0.1) is 0 Å². The molecule has 1 N–H and O–H groups in total. The third-order valence-electron chi connectivity index (χ3n) is 4.43. The lowest BCUT2D eigenvalue weighted by molar-refractivity contribution is -0.112. The number of hydrogen-bond acceptors (Lipinski definition) is 10. The van der Waals surface area contributed by atoms with Crippen molar-refractivity contribution in [1.82, 2.24) is 9.36 Å². The predicted molar refractivity (Wildman–Crippen MR) is 136 cm³/mol. The minimum atomic E-state index is -0.565. The van der Waals surface area contributed by atoms with Crippen LogP contribution in [0, 0.1) is 11.3 Å². The van der Waals surface area contributed by atoms with Gasteiger partial charge in [0.05, 0.1) is 14.2 Å². The zero-order valence-electron chi connectivity index (χ0n) is 19.4. The number of amides is 1. The number of hydrogen-bond donors (Lipinski definition) is 1. The number of thioether (sulfide) groups is 1. The van der Waals surface area contributed by atoms with Crippen LogP contribution in [0.3, 0.4) is 0 Å². The van der Waals surface area contributed by atoms with Gasteiger partial charge < -0.3 is 18.9 Å². The summed E-state index contributed by atoms with van der Waals surface area (Å²) in [7, 11) is 3.10. The minimum absolute atomic E-state index is 0.0779. The first-order valence-corrected chi connectivity index (χ1v) is 12.3. The number of nitriles is 1. The van der Waals surface area contributed by atoms with Gasteiger partial charge in [0.25, 0.3) is 5.91 Å². The number of ether oxygens (including phenoxy) is 4. The summed E-state index contributed by atoms with van der Waals surface area (Å²) in [6.45, 7) is 2.56. The SMILES string of the molecule is CCSc1nsc(NC(=O)/C(C#N)=C\c2ccc(OCCOc3ccccc3OC)c(OC)c2)n1. The van der Waals surface area contributed by atoms with Gasteiger partial charge in [0.2, 0.25) is 10.3 Å². The smallest absolute Gasteiger partial charge is 0.268 e. The van der Waals surface area contributed by atoms with Crippen LogP contribution in [0.15, 0.2) is 53.2 Å². The summed E-state index contributed by atoms with van der Waals surface area (Å²) in [6.07, 6.45) is 1.47. The molecule has 0 saturated heterocycles. The molecule has 3 rings (SSSR count). The molecule has 0 aliphatic heterocycles. The van der Waals surface area contributed by atoms with Crippen molar-refractivity contribution in [2.75, 3.05) is 38.5 Å². The van der Waals surface area contributed by atoms with Crippen molar-refractivity contribution in [1.29, 1.82) is 5.26 Å². The lowest BCUT2D eigenvalue weighted by Gasteiger charge is -2.13. The van der Waals surface area contributed by atoms with Crippen LogP contribution in [0.25, 0.3) is 6.08 Å². The Morgan fingerprint density at radius 3 is 2.43 bits per heavy atom. The molecule has 0 fully saturated rings. The van der Waals surface area contributed by atoms with Crippen LogP contribution in [-0.4, -0.2) is 48.5 Å². The fourth-order valence-electron chi connectivity index (χ4n) is 2.86. The largest absolute Gasteiger partial charge is 0.493 e. The van der Waals surface area contributed by atoms with Crippen molar-refractivity contribution in [3.8, 4) is 29.1 Å². The van der Waals surface area contributed by atoms with Crippen molar-refractivity contribution in [3.63, 3.8) is 0 Å². The van der Waals surface area contributed by atoms with Gasteiger partial charge in [-0.05, 0) is 41.7 Å². The monoisotopic (exact) mass is 512 g/mol. The van der Waals surface area contributed by atoms with E-state index >= 15 is 0 Å². The van der Waals surface area contributed by atoms with Crippen LogP contribution >= 0.6 is 23.3 Å². The Hall–Kier alpha value is -3.75. The molecule has 0 saturated carbocycles. The van der Waals surface area contributed by atoms with E-state index in [9.17, 15) is 10.1 Å². The lowest BCUT2D eigenvalue weighted by Crippen LogP contribution is -2.13. The first kappa shape index (κ1) is 25.9.